The summed E-state index contributed by atoms with van der Waals surface area (Å²) in [6.07, 6.45) is 2.63. The standard InChI is InChI=1S/C15H18BrN3/c1-10-3-4-12(13(16)7-10)14(18-2)8-11-5-6-19-15(17)9-11/h3-7,9,14,18H,8H2,1-2H3,(H2,17,19). The van der Waals surface area contributed by atoms with E-state index in [1.54, 1.807) is 6.20 Å². The lowest BCUT2D eigenvalue weighted by atomic mass is 9.98. The molecule has 3 N–H and O–H groups in total. The minimum absolute atomic E-state index is 0.247. The molecule has 0 spiro atoms. The van der Waals surface area contributed by atoms with Crippen LogP contribution in [0.4, 0.5) is 5.82 Å². The van der Waals surface area contributed by atoms with Crippen LogP contribution in [0.3, 0.4) is 0 Å². The lowest BCUT2D eigenvalue weighted by Gasteiger charge is -2.19. The highest BCUT2D eigenvalue weighted by Gasteiger charge is 2.13. The van der Waals surface area contributed by atoms with Gasteiger partial charge >= 0.3 is 0 Å². The number of nitrogens with one attached hydrogen (secondary N) is 1. The Morgan fingerprint density at radius 1 is 1.32 bits per heavy atom. The third-order valence-corrected chi connectivity index (χ3v) is 3.85. The number of nitrogen functional groups attached to an aromatic ring is 1. The van der Waals surface area contributed by atoms with E-state index in [-0.39, 0.29) is 6.04 Å². The molecule has 0 aliphatic rings. The fraction of sp³-hybridized carbons (Fsp3) is 0.267. The number of rotatable bonds is 4. The van der Waals surface area contributed by atoms with Crippen molar-refractivity contribution in [2.24, 2.45) is 0 Å². The van der Waals surface area contributed by atoms with E-state index in [1.165, 1.54) is 16.7 Å². The van der Waals surface area contributed by atoms with Crippen molar-refractivity contribution in [3.8, 4) is 0 Å². The molecule has 0 fully saturated rings. The third kappa shape index (κ3) is 3.55. The van der Waals surface area contributed by atoms with E-state index in [4.69, 9.17) is 5.73 Å². The molecule has 1 aromatic carbocycles. The van der Waals surface area contributed by atoms with Crippen LogP contribution >= 0.6 is 15.9 Å². The van der Waals surface area contributed by atoms with E-state index in [0.29, 0.717) is 5.82 Å². The average molecular weight is 320 g/mol. The van der Waals surface area contributed by atoms with Crippen LogP contribution in [0.1, 0.15) is 22.7 Å². The zero-order valence-electron chi connectivity index (χ0n) is 11.2. The smallest absolute Gasteiger partial charge is 0.123 e. The number of pyridine rings is 1. The predicted molar refractivity (Wildman–Crippen MR) is 83.0 cm³/mol. The minimum Gasteiger partial charge on any atom is -0.384 e. The summed E-state index contributed by atoms with van der Waals surface area (Å²) in [7, 11) is 1.97. The highest BCUT2D eigenvalue weighted by molar-refractivity contribution is 9.10. The van der Waals surface area contributed by atoms with E-state index in [9.17, 15) is 0 Å². The summed E-state index contributed by atoms with van der Waals surface area (Å²) < 4.78 is 1.13. The lowest BCUT2D eigenvalue weighted by Crippen LogP contribution is -2.19. The Bertz CT molecular complexity index is 569. The summed E-state index contributed by atoms with van der Waals surface area (Å²) in [6.45, 7) is 2.09. The van der Waals surface area contributed by atoms with Gasteiger partial charge in [-0.1, -0.05) is 28.1 Å². The van der Waals surface area contributed by atoms with Gasteiger partial charge in [0.2, 0.25) is 0 Å². The molecular weight excluding hydrogens is 302 g/mol. The summed E-state index contributed by atoms with van der Waals surface area (Å²) >= 11 is 3.64. The van der Waals surface area contributed by atoms with Gasteiger partial charge < -0.3 is 11.1 Å². The van der Waals surface area contributed by atoms with Crippen molar-refractivity contribution in [1.29, 1.82) is 0 Å². The topological polar surface area (TPSA) is 50.9 Å². The van der Waals surface area contributed by atoms with Gasteiger partial charge in [0.1, 0.15) is 5.82 Å². The van der Waals surface area contributed by atoms with Crippen LogP contribution in [0.2, 0.25) is 0 Å². The van der Waals surface area contributed by atoms with E-state index in [0.717, 1.165) is 10.9 Å². The molecule has 1 unspecified atom stereocenters. The van der Waals surface area contributed by atoms with Gasteiger partial charge in [0.15, 0.2) is 0 Å². The Hall–Kier alpha value is -1.39. The fourth-order valence-corrected chi connectivity index (χ4v) is 2.91. The number of aryl methyl sites for hydroxylation is 1. The third-order valence-electron chi connectivity index (χ3n) is 3.17. The molecule has 0 saturated heterocycles. The molecule has 0 radical (unpaired) electrons. The van der Waals surface area contributed by atoms with Crippen LogP contribution < -0.4 is 11.1 Å². The van der Waals surface area contributed by atoms with Crippen LogP contribution in [0.25, 0.3) is 0 Å². The van der Waals surface area contributed by atoms with Crippen LogP contribution in [0.15, 0.2) is 41.0 Å². The maximum atomic E-state index is 5.72. The SMILES string of the molecule is CNC(Cc1ccnc(N)c1)c1ccc(C)cc1Br. The highest BCUT2D eigenvalue weighted by atomic mass is 79.9. The van der Waals surface area contributed by atoms with Crippen molar-refractivity contribution in [3.05, 3.63) is 57.7 Å². The molecule has 0 saturated carbocycles. The number of benzene rings is 1. The van der Waals surface area contributed by atoms with Gasteiger partial charge in [-0.05, 0) is 55.3 Å². The van der Waals surface area contributed by atoms with Gasteiger partial charge in [-0.25, -0.2) is 4.98 Å². The number of hydrogen-bond donors (Lipinski definition) is 2. The Balaban J connectivity index is 2.25. The van der Waals surface area contributed by atoms with Crippen molar-refractivity contribution >= 4 is 21.7 Å². The quantitative estimate of drug-likeness (QED) is 0.909. The largest absolute Gasteiger partial charge is 0.384 e. The van der Waals surface area contributed by atoms with Gasteiger partial charge in [0, 0.05) is 16.7 Å². The number of hydrogen-bond acceptors (Lipinski definition) is 3. The molecule has 0 amide bonds. The van der Waals surface area contributed by atoms with Crippen LogP contribution in [-0.2, 0) is 6.42 Å². The number of aromatic nitrogens is 1. The van der Waals surface area contributed by atoms with E-state index < -0.39 is 0 Å². The van der Waals surface area contributed by atoms with Crippen molar-refractivity contribution in [3.63, 3.8) is 0 Å². The molecule has 0 bridgehead atoms. The molecule has 1 heterocycles. The Kier molecular flexibility index (Phi) is 4.56. The molecule has 3 nitrogen and oxygen atoms in total. The summed E-state index contributed by atoms with van der Waals surface area (Å²) in [6, 6.07) is 10.6. The summed E-state index contributed by atoms with van der Waals surface area (Å²) in [5.41, 5.74) is 9.41. The second kappa shape index (κ2) is 6.17. The molecule has 0 aliphatic carbocycles. The molecule has 0 aliphatic heterocycles. The zero-order chi connectivity index (χ0) is 13.8. The first-order valence-electron chi connectivity index (χ1n) is 6.24. The molecule has 1 aromatic heterocycles. The molecule has 100 valence electrons. The lowest BCUT2D eigenvalue weighted by molar-refractivity contribution is 0.589. The second-order valence-corrected chi connectivity index (χ2v) is 5.51. The van der Waals surface area contributed by atoms with Gasteiger partial charge in [0.05, 0.1) is 0 Å². The summed E-state index contributed by atoms with van der Waals surface area (Å²) in [4.78, 5) is 4.02. The Labute approximate surface area is 122 Å². The number of likely N-dealkylation sites (N-methyl/N-ethyl adjacent to an activating group) is 1. The van der Waals surface area contributed by atoms with Gasteiger partial charge in [-0.3, -0.25) is 0 Å². The monoisotopic (exact) mass is 319 g/mol. The van der Waals surface area contributed by atoms with E-state index in [1.807, 2.05) is 19.2 Å². The van der Waals surface area contributed by atoms with Crippen molar-refractivity contribution in [2.75, 3.05) is 12.8 Å². The first-order chi connectivity index (χ1) is 9.10. The zero-order valence-corrected chi connectivity index (χ0v) is 12.7. The van der Waals surface area contributed by atoms with Crippen LogP contribution in [0.5, 0.6) is 0 Å². The molecule has 4 heteroatoms. The van der Waals surface area contributed by atoms with Crippen molar-refractivity contribution in [2.45, 2.75) is 19.4 Å². The van der Waals surface area contributed by atoms with Crippen LogP contribution in [0, 0.1) is 6.92 Å². The molecule has 19 heavy (non-hydrogen) atoms. The average Bonchev–Trinajstić information content (AvgIpc) is 2.37. The van der Waals surface area contributed by atoms with Crippen molar-refractivity contribution in [1.82, 2.24) is 10.3 Å². The van der Waals surface area contributed by atoms with E-state index >= 15 is 0 Å². The number of nitrogens with zero attached hydrogens (tertiary/aromatic N) is 1. The normalized spacial score (nSPS) is 12.4. The molecular formula is C15H18BrN3. The summed E-state index contributed by atoms with van der Waals surface area (Å²) in [5, 5.41) is 3.36. The van der Waals surface area contributed by atoms with E-state index in [2.05, 4.69) is 51.4 Å². The number of nitrogens with two attached hydrogens (primary N) is 1. The second-order valence-electron chi connectivity index (χ2n) is 4.66. The Morgan fingerprint density at radius 2 is 2.11 bits per heavy atom. The predicted octanol–water partition coefficient (Wildman–Crippen LogP) is 3.24. The minimum atomic E-state index is 0.247. The Morgan fingerprint density at radius 3 is 2.74 bits per heavy atom. The fourth-order valence-electron chi connectivity index (χ4n) is 2.14. The molecule has 2 rings (SSSR count). The molecule has 1 atom stereocenters. The van der Waals surface area contributed by atoms with Crippen LogP contribution in [-0.4, -0.2) is 12.0 Å². The van der Waals surface area contributed by atoms with Crippen molar-refractivity contribution < 1.29 is 0 Å². The molecule has 2 aromatic rings. The maximum absolute atomic E-state index is 5.72. The first-order valence-corrected chi connectivity index (χ1v) is 7.03. The van der Waals surface area contributed by atoms with Gasteiger partial charge in [-0.15, -0.1) is 0 Å². The first kappa shape index (κ1) is 14.0. The van der Waals surface area contributed by atoms with Gasteiger partial charge in [-0.2, -0.15) is 0 Å². The number of anilines is 1. The van der Waals surface area contributed by atoms with Gasteiger partial charge in [0.25, 0.3) is 0 Å². The number of halogens is 1. The summed E-state index contributed by atoms with van der Waals surface area (Å²) in [5.74, 6) is 0.565. The highest BCUT2D eigenvalue weighted by Crippen LogP contribution is 2.27. The maximum Gasteiger partial charge on any atom is 0.123 e.